The Morgan fingerprint density at radius 3 is 2.94 bits per heavy atom. The molecule has 7 nitrogen and oxygen atoms in total. The third-order valence-electron chi connectivity index (χ3n) is 2.02. The van der Waals surface area contributed by atoms with Crippen molar-refractivity contribution < 1.29 is 14.6 Å². The maximum absolute atomic E-state index is 10.4. The van der Waals surface area contributed by atoms with Crippen LogP contribution in [0.25, 0.3) is 11.4 Å². The topological polar surface area (TPSA) is 101 Å². The predicted octanol–water partition coefficient (Wildman–Crippen LogP) is 1.05. The van der Waals surface area contributed by atoms with Crippen LogP contribution in [0.5, 0.6) is 5.88 Å². The van der Waals surface area contributed by atoms with Crippen LogP contribution >= 0.6 is 11.8 Å². The van der Waals surface area contributed by atoms with Gasteiger partial charge in [0.25, 0.3) is 0 Å². The summed E-state index contributed by atoms with van der Waals surface area (Å²) in [6.45, 7) is 0. The van der Waals surface area contributed by atoms with E-state index in [9.17, 15) is 4.79 Å². The van der Waals surface area contributed by atoms with E-state index in [4.69, 9.17) is 9.84 Å². The minimum Gasteiger partial charge on any atom is -0.481 e. The number of carboxylic acid groups (broad SMARTS) is 1. The molecule has 2 rings (SSSR count). The third kappa shape index (κ3) is 2.98. The number of nitrogens with one attached hydrogen (secondary N) is 1. The molecular formula is C10H10N4O3S. The first-order chi connectivity index (χ1) is 8.69. The highest BCUT2D eigenvalue weighted by atomic mass is 32.2. The van der Waals surface area contributed by atoms with Gasteiger partial charge in [0.15, 0.2) is 11.0 Å². The molecule has 0 atom stereocenters. The lowest BCUT2D eigenvalue weighted by molar-refractivity contribution is -0.133. The van der Waals surface area contributed by atoms with Gasteiger partial charge in [0, 0.05) is 17.8 Å². The minimum atomic E-state index is -0.899. The normalized spacial score (nSPS) is 10.3. The highest BCUT2D eigenvalue weighted by molar-refractivity contribution is 7.99. The Hall–Kier alpha value is -2.09. The summed E-state index contributed by atoms with van der Waals surface area (Å²) in [7, 11) is 1.54. The van der Waals surface area contributed by atoms with Crippen LogP contribution in [0.2, 0.25) is 0 Å². The standard InChI is InChI=1S/C10H10N4O3S/c1-17-7-3-2-6(4-11-7)9-12-10(14-13-9)18-5-8(15)16/h2-4H,5H2,1H3,(H,15,16)(H,12,13,14). The van der Waals surface area contributed by atoms with E-state index in [2.05, 4.69) is 20.2 Å². The molecule has 0 aliphatic rings. The lowest BCUT2D eigenvalue weighted by Crippen LogP contribution is -1.97. The number of aromatic nitrogens is 4. The van der Waals surface area contributed by atoms with Gasteiger partial charge >= 0.3 is 5.97 Å². The van der Waals surface area contributed by atoms with Crippen molar-refractivity contribution in [3.63, 3.8) is 0 Å². The first kappa shape index (κ1) is 12.4. The highest BCUT2D eigenvalue weighted by Gasteiger charge is 2.08. The van der Waals surface area contributed by atoms with Crippen LogP contribution in [0.3, 0.4) is 0 Å². The first-order valence-electron chi connectivity index (χ1n) is 4.96. The van der Waals surface area contributed by atoms with Gasteiger partial charge < -0.3 is 14.8 Å². The fourth-order valence-corrected chi connectivity index (χ4v) is 1.74. The highest BCUT2D eigenvalue weighted by Crippen LogP contribution is 2.19. The summed E-state index contributed by atoms with van der Waals surface area (Å²) < 4.78 is 4.95. The Balaban J connectivity index is 2.10. The predicted molar refractivity (Wildman–Crippen MR) is 64.5 cm³/mol. The maximum atomic E-state index is 10.4. The molecule has 0 spiro atoms. The Kier molecular flexibility index (Phi) is 3.78. The Morgan fingerprint density at radius 2 is 2.33 bits per heavy atom. The van der Waals surface area contributed by atoms with Crippen LogP contribution in [0.1, 0.15) is 0 Å². The number of methoxy groups -OCH3 is 1. The van der Waals surface area contributed by atoms with E-state index in [1.807, 2.05) is 0 Å². The zero-order valence-electron chi connectivity index (χ0n) is 9.45. The molecule has 0 bridgehead atoms. The quantitative estimate of drug-likeness (QED) is 0.780. The van der Waals surface area contributed by atoms with E-state index in [1.54, 1.807) is 18.3 Å². The molecule has 0 saturated carbocycles. The third-order valence-corrected chi connectivity index (χ3v) is 2.87. The Labute approximate surface area is 107 Å². The first-order valence-corrected chi connectivity index (χ1v) is 5.95. The second kappa shape index (κ2) is 5.50. The molecule has 0 aromatic carbocycles. The van der Waals surface area contributed by atoms with Crippen LogP contribution in [-0.4, -0.2) is 44.1 Å². The largest absolute Gasteiger partial charge is 0.481 e. The fraction of sp³-hybridized carbons (Fsp3) is 0.200. The number of hydrogen-bond acceptors (Lipinski definition) is 6. The number of thioether (sulfide) groups is 1. The van der Waals surface area contributed by atoms with Gasteiger partial charge in [-0.2, -0.15) is 0 Å². The van der Waals surface area contributed by atoms with Crippen LogP contribution in [0, 0.1) is 0 Å². The van der Waals surface area contributed by atoms with E-state index < -0.39 is 5.97 Å². The molecule has 0 amide bonds. The van der Waals surface area contributed by atoms with Gasteiger partial charge in [0.05, 0.1) is 12.9 Å². The van der Waals surface area contributed by atoms with Gasteiger partial charge in [-0.3, -0.25) is 4.79 Å². The number of pyridine rings is 1. The van der Waals surface area contributed by atoms with Crippen molar-refractivity contribution in [2.45, 2.75) is 5.16 Å². The molecule has 0 aliphatic carbocycles. The molecule has 94 valence electrons. The summed E-state index contributed by atoms with van der Waals surface area (Å²) in [6.07, 6.45) is 1.60. The smallest absolute Gasteiger partial charge is 0.313 e. The van der Waals surface area contributed by atoms with Crippen LogP contribution in [-0.2, 0) is 4.79 Å². The molecule has 0 unspecified atom stereocenters. The molecule has 2 aromatic heterocycles. The van der Waals surface area contributed by atoms with Crippen LogP contribution in [0.4, 0.5) is 0 Å². The SMILES string of the molecule is COc1ccc(-c2nnc(SCC(=O)O)[nH]2)cn1. The summed E-state index contributed by atoms with van der Waals surface area (Å²) in [5, 5.41) is 16.8. The van der Waals surface area contributed by atoms with Crippen molar-refractivity contribution in [3.8, 4) is 17.3 Å². The fourth-order valence-electron chi connectivity index (χ4n) is 1.21. The van der Waals surface area contributed by atoms with Gasteiger partial charge in [-0.15, -0.1) is 10.2 Å². The van der Waals surface area contributed by atoms with Crippen molar-refractivity contribution in [1.29, 1.82) is 0 Å². The minimum absolute atomic E-state index is 0.0600. The van der Waals surface area contributed by atoms with Gasteiger partial charge in [-0.05, 0) is 6.07 Å². The van der Waals surface area contributed by atoms with Crippen LogP contribution < -0.4 is 4.74 Å². The molecule has 8 heteroatoms. The number of rotatable bonds is 5. The molecule has 0 radical (unpaired) electrons. The van der Waals surface area contributed by atoms with Crippen molar-refractivity contribution in [2.24, 2.45) is 0 Å². The number of aromatic amines is 1. The average molecular weight is 266 g/mol. The van der Waals surface area contributed by atoms with Crippen molar-refractivity contribution in [1.82, 2.24) is 20.2 Å². The summed E-state index contributed by atoms with van der Waals surface area (Å²) in [6, 6.07) is 3.50. The van der Waals surface area contributed by atoms with E-state index >= 15 is 0 Å². The Morgan fingerprint density at radius 1 is 1.50 bits per heavy atom. The van der Waals surface area contributed by atoms with Crippen molar-refractivity contribution in [2.75, 3.05) is 12.9 Å². The van der Waals surface area contributed by atoms with E-state index in [1.165, 1.54) is 7.11 Å². The van der Waals surface area contributed by atoms with Gasteiger partial charge in [-0.1, -0.05) is 11.8 Å². The lowest BCUT2D eigenvalue weighted by Gasteiger charge is -1.98. The number of carbonyl (C=O) groups is 1. The number of carboxylic acids is 1. The zero-order valence-corrected chi connectivity index (χ0v) is 10.3. The van der Waals surface area contributed by atoms with E-state index in [0.717, 1.165) is 17.3 Å². The van der Waals surface area contributed by atoms with Crippen LogP contribution in [0.15, 0.2) is 23.5 Å². The molecule has 2 aromatic rings. The molecule has 0 fully saturated rings. The number of aliphatic carboxylic acids is 1. The summed E-state index contributed by atoms with van der Waals surface area (Å²) in [5.41, 5.74) is 0.755. The number of hydrogen-bond donors (Lipinski definition) is 2. The average Bonchev–Trinajstić information content (AvgIpc) is 2.85. The van der Waals surface area contributed by atoms with Gasteiger partial charge in [-0.25, -0.2) is 4.98 Å². The summed E-state index contributed by atoms with van der Waals surface area (Å²) >= 11 is 1.08. The second-order valence-electron chi connectivity index (χ2n) is 3.25. The summed E-state index contributed by atoms with van der Waals surface area (Å²) in [5.74, 6) is 0.0935. The molecule has 0 aliphatic heterocycles. The van der Waals surface area contributed by atoms with Gasteiger partial charge in [0.2, 0.25) is 5.88 Å². The van der Waals surface area contributed by atoms with E-state index in [-0.39, 0.29) is 5.75 Å². The number of H-pyrrole nitrogens is 1. The molecule has 18 heavy (non-hydrogen) atoms. The van der Waals surface area contributed by atoms with Gasteiger partial charge in [0.1, 0.15) is 0 Å². The Bertz CT molecular complexity index is 540. The van der Waals surface area contributed by atoms with Crippen molar-refractivity contribution in [3.05, 3.63) is 18.3 Å². The summed E-state index contributed by atoms with van der Waals surface area (Å²) in [4.78, 5) is 17.4. The molecule has 0 saturated heterocycles. The molecule has 2 heterocycles. The number of nitrogens with zero attached hydrogens (tertiary/aromatic N) is 3. The second-order valence-corrected chi connectivity index (χ2v) is 4.21. The maximum Gasteiger partial charge on any atom is 0.313 e. The lowest BCUT2D eigenvalue weighted by atomic mass is 10.3. The van der Waals surface area contributed by atoms with Crippen molar-refractivity contribution >= 4 is 17.7 Å². The number of ether oxygens (including phenoxy) is 1. The monoisotopic (exact) mass is 266 g/mol. The molecular weight excluding hydrogens is 256 g/mol. The zero-order chi connectivity index (χ0) is 13.0. The van der Waals surface area contributed by atoms with E-state index in [0.29, 0.717) is 16.9 Å². The molecule has 2 N–H and O–H groups in total.